The van der Waals surface area contributed by atoms with Crippen molar-refractivity contribution >= 4 is 11.8 Å². The van der Waals surface area contributed by atoms with Gasteiger partial charge in [0.25, 0.3) is 0 Å². The van der Waals surface area contributed by atoms with Gasteiger partial charge in [0.1, 0.15) is 12.0 Å². The second-order valence-corrected chi connectivity index (χ2v) is 7.63. The van der Waals surface area contributed by atoms with Gasteiger partial charge in [0.2, 0.25) is 0 Å². The number of amidine groups is 1. The molecule has 3 aromatic rings. The predicted octanol–water partition coefficient (Wildman–Crippen LogP) is 4.66. The van der Waals surface area contributed by atoms with Crippen LogP contribution in [0, 0.1) is 0 Å². The number of aromatic nitrogens is 1. The number of aromatic carboxylic acids is 1. The Kier molecular flexibility index (Phi) is 6.09. The molecule has 0 bridgehead atoms. The fraction of sp³-hybridized carbons (Fsp3) is 0.240. The number of aliphatic imine (C=N–C) groups is 1. The Labute approximate surface area is 182 Å². The molecule has 1 N–H and O–H groups in total. The van der Waals surface area contributed by atoms with E-state index >= 15 is 0 Å². The maximum absolute atomic E-state index is 11.5. The number of nitrogens with zero attached hydrogens (tertiary/aromatic N) is 4. The van der Waals surface area contributed by atoms with Crippen LogP contribution in [0.3, 0.4) is 0 Å². The minimum atomic E-state index is -0.952. The SMILES string of the molecule is CCCN1C(Cc2ccc(-c3cnccc3C(=O)O)cc2)=NC(c2ccccc2)N1C. The van der Waals surface area contributed by atoms with Crippen molar-refractivity contribution in [2.45, 2.75) is 25.9 Å². The van der Waals surface area contributed by atoms with Gasteiger partial charge in [-0.3, -0.25) is 9.99 Å². The number of hydrazine groups is 1. The molecule has 6 nitrogen and oxygen atoms in total. The molecule has 6 heteroatoms. The molecule has 2 aromatic carbocycles. The van der Waals surface area contributed by atoms with E-state index in [1.165, 1.54) is 17.8 Å². The Morgan fingerprint density at radius 1 is 1.06 bits per heavy atom. The van der Waals surface area contributed by atoms with Crippen molar-refractivity contribution in [3.8, 4) is 11.1 Å². The molecule has 4 rings (SSSR count). The fourth-order valence-corrected chi connectivity index (χ4v) is 3.95. The maximum atomic E-state index is 11.5. The summed E-state index contributed by atoms with van der Waals surface area (Å²) in [5.41, 5.74) is 4.02. The number of rotatable bonds is 7. The largest absolute Gasteiger partial charge is 0.478 e. The van der Waals surface area contributed by atoms with Gasteiger partial charge in [-0.1, -0.05) is 61.5 Å². The molecule has 0 radical (unpaired) electrons. The highest BCUT2D eigenvalue weighted by atomic mass is 16.4. The Balaban J connectivity index is 1.58. The van der Waals surface area contributed by atoms with E-state index in [1.807, 2.05) is 42.5 Å². The third kappa shape index (κ3) is 4.34. The number of hydrogen-bond acceptors (Lipinski definition) is 5. The molecule has 1 aliphatic rings. The Hall–Kier alpha value is -3.51. The van der Waals surface area contributed by atoms with Crippen molar-refractivity contribution in [2.24, 2.45) is 4.99 Å². The van der Waals surface area contributed by atoms with E-state index < -0.39 is 5.97 Å². The summed E-state index contributed by atoms with van der Waals surface area (Å²) < 4.78 is 0. The Morgan fingerprint density at radius 2 is 1.81 bits per heavy atom. The fourth-order valence-electron chi connectivity index (χ4n) is 3.95. The third-order valence-corrected chi connectivity index (χ3v) is 5.52. The van der Waals surface area contributed by atoms with Crippen LogP contribution >= 0.6 is 0 Å². The predicted molar refractivity (Wildman–Crippen MR) is 122 cm³/mol. The van der Waals surface area contributed by atoms with Crippen LogP contribution in [0.5, 0.6) is 0 Å². The number of hydrogen-bond donors (Lipinski definition) is 1. The molecule has 1 atom stereocenters. The van der Waals surface area contributed by atoms with Gasteiger partial charge in [0.15, 0.2) is 0 Å². The van der Waals surface area contributed by atoms with Gasteiger partial charge >= 0.3 is 5.97 Å². The molecule has 1 unspecified atom stereocenters. The highest BCUT2D eigenvalue weighted by molar-refractivity contribution is 5.95. The lowest BCUT2D eigenvalue weighted by Gasteiger charge is -2.30. The minimum absolute atomic E-state index is 0.0180. The second kappa shape index (κ2) is 9.10. The second-order valence-electron chi connectivity index (χ2n) is 7.63. The van der Waals surface area contributed by atoms with Crippen molar-refractivity contribution in [2.75, 3.05) is 13.6 Å². The topological polar surface area (TPSA) is 69.0 Å². The summed E-state index contributed by atoms with van der Waals surface area (Å²) in [4.78, 5) is 20.6. The van der Waals surface area contributed by atoms with Crippen molar-refractivity contribution in [1.29, 1.82) is 0 Å². The van der Waals surface area contributed by atoms with E-state index in [0.29, 0.717) is 12.0 Å². The first kappa shape index (κ1) is 20.8. The molecule has 0 saturated carbocycles. The average Bonchev–Trinajstić information content (AvgIpc) is 3.10. The molecule has 0 saturated heterocycles. The van der Waals surface area contributed by atoms with E-state index in [-0.39, 0.29) is 11.7 Å². The summed E-state index contributed by atoms with van der Waals surface area (Å²) in [6, 6.07) is 19.8. The average molecular weight is 415 g/mol. The van der Waals surface area contributed by atoms with Gasteiger partial charge in [0.05, 0.1) is 5.56 Å². The van der Waals surface area contributed by atoms with Crippen LogP contribution in [0.2, 0.25) is 0 Å². The molecule has 0 spiro atoms. The van der Waals surface area contributed by atoms with Crippen LogP contribution in [0.25, 0.3) is 11.1 Å². The highest BCUT2D eigenvalue weighted by Crippen LogP contribution is 2.30. The summed E-state index contributed by atoms with van der Waals surface area (Å²) in [5.74, 6) is 0.0885. The van der Waals surface area contributed by atoms with Crippen LogP contribution in [-0.2, 0) is 6.42 Å². The summed E-state index contributed by atoms with van der Waals surface area (Å²) in [6.07, 6.45) is 4.83. The molecule has 0 fully saturated rings. The summed E-state index contributed by atoms with van der Waals surface area (Å²) in [5, 5.41) is 13.9. The highest BCUT2D eigenvalue weighted by Gasteiger charge is 2.31. The number of benzene rings is 2. The Morgan fingerprint density at radius 3 is 2.48 bits per heavy atom. The van der Waals surface area contributed by atoms with Crippen molar-refractivity contribution in [1.82, 2.24) is 15.0 Å². The molecule has 1 aromatic heterocycles. The summed E-state index contributed by atoms with van der Waals surface area (Å²) in [7, 11) is 2.09. The van der Waals surface area contributed by atoms with Gasteiger partial charge in [-0.15, -0.1) is 0 Å². The van der Waals surface area contributed by atoms with Crippen molar-refractivity contribution in [3.63, 3.8) is 0 Å². The number of carbonyl (C=O) groups is 1. The van der Waals surface area contributed by atoms with Gasteiger partial charge in [-0.2, -0.15) is 5.01 Å². The summed E-state index contributed by atoms with van der Waals surface area (Å²) >= 11 is 0. The zero-order valence-corrected chi connectivity index (χ0v) is 17.8. The van der Waals surface area contributed by atoms with Gasteiger partial charge in [0, 0.05) is 38.0 Å². The van der Waals surface area contributed by atoms with E-state index in [9.17, 15) is 9.90 Å². The standard InChI is InChI=1S/C25H26N4O2/c1-3-15-29-23(27-24(28(29)2)20-7-5-4-6-8-20)16-18-9-11-19(12-10-18)22-17-26-14-13-21(22)25(30)31/h4-14,17,24H,3,15-16H2,1-2H3,(H,30,31). The minimum Gasteiger partial charge on any atom is -0.478 e. The van der Waals surface area contributed by atoms with Crippen molar-refractivity contribution < 1.29 is 9.90 Å². The number of carboxylic acid groups (broad SMARTS) is 1. The molecule has 0 amide bonds. The van der Waals surface area contributed by atoms with Crippen molar-refractivity contribution in [3.05, 3.63) is 89.7 Å². The smallest absolute Gasteiger partial charge is 0.336 e. The van der Waals surface area contributed by atoms with E-state index in [4.69, 9.17) is 4.99 Å². The maximum Gasteiger partial charge on any atom is 0.336 e. The quantitative estimate of drug-likeness (QED) is 0.609. The van der Waals surface area contributed by atoms with Crippen LogP contribution in [0.1, 0.15) is 41.0 Å². The van der Waals surface area contributed by atoms with Crippen LogP contribution in [0.15, 0.2) is 78.0 Å². The normalized spacial score (nSPS) is 16.4. The lowest BCUT2D eigenvalue weighted by molar-refractivity contribution is 0.0562. The molecule has 158 valence electrons. The zero-order chi connectivity index (χ0) is 21.8. The molecule has 31 heavy (non-hydrogen) atoms. The van der Waals surface area contributed by atoms with Crippen LogP contribution in [-0.4, -0.2) is 45.5 Å². The lowest BCUT2D eigenvalue weighted by atomic mass is 10.00. The first-order valence-electron chi connectivity index (χ1n) is 10.5. The molecule has 2 heterocycles. The Bertz CT molecular complexity index is 1080. The van der Waals surface area contributed by atoms with Gasteiger partial charge in [-0.25, -0.2) is 9.79 Å². The first-order valence-corrected chi connectivity index (χ1v) is 10.5. The first-order chi connectivity index (χ1) is 15.1. The number of pyridine rings is 1. The number of carboxylic acids is 1. The molecular weight excluding hydrogens is 388 g/mol. The van der Waals surface area contributed by atoms with Crippen LogP contribution < -0.4 is 0 Å². The molecule has 1 aliphatic heterocycles. The third-order valence-electron chi connectivity index (χ3n) is 5.52. The van der Waals surface area contributed by atoms with E-state index in [2.05, 4.69) is 41.1 Å². The molecular formula is C25H26N4O2. The monoisotopic (exact) mass is 414 g/mol. The summed E-state index contributed by atoms with van der Waals surface area (Å²) in [6.45, 7) is 3.08. The lowest BCUT2D eigenvalue weighted by Crippen LogP contribution is -2.40. The van der Waals surface area contributed by atoms with Gasteiger partial charge in [-0.05, 0) is 29.2 Å². The van der Waals surface area contributed by atoms with E-state index in [0.717, 1.165) is 29.9 Å². The molecule has 0 aliphatic carbocycles. The zero-order valence-electron chi connectivity index (χ0n) is 17.8. The van der Waals surface area contributed by atoms with Gasteiger partial charge < -0.3 is 5.11 Å². The van der Waals surface area contributed by atoms with E-state index in [1.54, 1.807) is 6.20 Å². The van der Waals surface area contributed by atoms with Crippen LogP contribution in [0.4, 0.5) is 0 Å².